The van der Waals surface area contributed by atoms with Gasteiger partial charge in [0.25, 0.3) is 0 Å². The van der Waals surface area contributed by atoms with Crippen LogP contribution in [-0.4, -0.2) is 36.2 Å². The van der Waals surface area contributed by atoms with Crippen molar-refractivity contribution >= 4 is 85.1 Å². The summed E-state index contributed by atoms with van der Waals surface area (Å²) < 4.78 is 1.20. The highest BCUT2D eigenvalue weighted by atomic mass is 79.9. The van der Waals surface area contributed by atoms with Gasteiger partial charge >= 0.3 is 0 Å². The normalized spacial score (nSPS) is 10.9. The Morgan fingerprint density at radius 1 is 1.04 bits per heavy atom. The van der Waals surface area contributed by atoms with E-state index in [0.29, 0.717) is 20.7 Å². The minimum absolute atomic E-state index is 0. The number of rotatable bonds is 9. The van der Waals surface area contributed by atoms with E-state index >= 15 is 0 Å². The van der Waals surface area contributed by atoms with Crippen molar-refractivity contribution in [2.45, 2.75) is 19.8 Å². The molecule has 1 N–H and O–H groups in total. The SMILES string of the molecule is Cc1cc(N(CCCCl)CCCCl)ccc1C=Nc1cc(Br)c(O)c(Br)c1.Cl. The van der Waals surface area contributed by atoms with E-state index in [4.69, 9.17) is 23.2 Å². The van der Waals surface area contributed by atoms with Crippen molar-refractivity contribution in [2.24, 2.45) is 4.99 Å². The summed E-state index contributed by atoms with van der Waals surface area (Å²) in [5.74, 6) is 1.47. The summed E-state index contributed by atoms with van der Waals surface area (Å²) in [5, 5.41) is 9.80. The van der Waals surface area contributed by atoms with Crippen LogP contribution in [0.3, 0.4) is 0 Å². The van der Waals surface area contributed by atoms with Gasteiger partial charge in [-0.15, -0.1) is 35.6 Å². The van der Waals surface area contributed by atoms with Gasteiger partial charge < -0.3 is 10.0 Å². The van der Waals surface area contributed by atoms with Crippen LogP contribution in [0.25, 0.3) is 0 Å². The average Bonchev–Trinajstić information content (AvgIpc) is 2.65. The number of halogens is 5. The number of hydrogen-bond donors (Lipinski definition) is 1. The molecule has 0 bridgehead atoms. The third-order valence-corrected chi connectivity index (χ3v) is 5.84. The fourth-order valence-electron chi connectivity index (χ4n) is 2.64. The number of phenols is 1. The molecule has 8 heteroatoms. The standard InChI is InChI=1S/C20H22Br2Cl2N2O.ClH/c1-14-10-17(26(8-2-6-23)9-3-7-24)5-4-15(14)13-25-16-11-18(21)20(27)19(22)12-16;/h4-5,10-13,27H,2-3,6-9H2,1H3;1H. The van der Waals surface area contributed by atoms with Crippen LogP contribution in [0.1, 0.15) is 24.0 Å². The van der Waals surface area contributed by atoms with Gasteiger partial charge in [-0.1, -0.05) is 6.07 Å². The van der Waals surface area contributed by atoms with Crippen molar-refractivity contribution in [1.82, 2.24) is 0 Å². The topological polar surface area (TPSA) is 35.8 Å². The van der Waals surface area contributed by atoms with Crippen LogP contribution in [0.4, 0.5) is 11.4 Å². The molecule has 0 saturated heterocycles. The van der Waals surface area contributed by atoms with Gasteiger partial charge in [-0.2, -0.15) is 0 Å². The average molecular weight is 574 g/mol. The van der Waals surface area contributed by atoms with Gasteiger partial charge in [0.05, 0.1) is 14.6 Å². The lowest BCUT2D eigenvalue weighted by atomic mass is 10.1. The van der Waals surface area contributed by atoms with Crippen molar-refractivity contribution in [3.63, 3.8) is 0 Å². The van der Waals surface area contributed by atoms with Gasteiger partial charge in [0.2, 0.25) is 0 Å². The lowest BCUT2D eigenvalue weighted by Gasteiger charge is -2.25. The molecule has 0 amide bonds. The predicted octanol–water partition coefficient (Wildman–Crippen LogP) is 7.46. The molecule has 0 radical (unpaired) electrons. The third kappa shape index (κ3) is 7.42. The van der Waals surface area contributed by atoms with E-state index in [9.17, 15) is 5.11 Å². The van der Waals surface area contributed by atoms with Crippen molar-refractivity contribution in [2.75, 3.05) is 29.7 Å². The van der Waals surface area contributed by atoms with Crippen LogP contribution >= 0.6 is 67.5 Å². The van der Waals surface area contributed by atoms with Gasteiger partial charge in [0.1, 0.15) is 5.75 Å². The molecule has 0 aliphatic carbocycles. The van der Waals surface area contributed by atoms with E-state index in [1.807, 2.05) is 6.21 Å². The minimum atomic E-state index is 0. The predicted molar refractivity (Wildman–Crippen MR) is 132 cm³/mol. The lowest BCUT2D eigenvalue weighted by Crippen LogP contribution is -2.26. The first kappa shape index (κ1) is 25.6. The van der Waals surface area contributed by atoms with Crippen molar-refractivity contribution in [1.29, 1.82) is 0 Å². The number of phenolic OH excluding ortho intramolecular Hbond substituents is 1. The zero-order valence-corrected chi connectivity index (χ0v) is 21.0. The quantitative estimate of drug-likeness (QED) is 0.250. The van der Waals surface area contributed by atoms with Gasteiger partial charge in [-0.05, 0) is 87.0 Å². The van der Waals surface area contributed by atoms with E-state index in [1.54, 1.807) is 12.1 Å². The Morgan fingerprint density at radius 3 is 2.11 bits per heavy atom. The van der Waals surface area contributed by atoms with Gasteiger partial charge in [0, 0.05) is 36.8 Å². The maximum atomic E-state index is 9.80. The molecule has 0 aromatic heterocycles. The van der Waals surface area contributed by atoms with Crippen LogP contribution in [0.5, 0.6) is 5.75 Å². The first-order chi connectivity index (χ1) is 13.0. The number of aryl methyl sites for hydroxylation is 1. The smallest absolute Gasteiger partial charge is 0.144 e. The van der Waals surface area contributed by atoms with Gasteiger partial charge in [0.15, 0.2) is 0 Å². The van der Waals surface area contributed by atoms with Crippen molar-refractivity contribution < 1.29 is 5.11 Å². The number of hydrogen-bond acceptors (Lipinski definition) is 3. The monoisotopic (exact) mass is 570 g/mol. The van der Waals surface area contributed by atoms with Gasteiger partial charge in [-0.3, -0.25) is 4.99 Å². The summed E-state index contributed by atoms with van der Waals surface area (Å²) in [6, 6.07) is 9.92. The molecule has 154 valence electrons. The molecule has 2 rings (SSSR count). The molecular weight excluding hydrogens is 550 g/mol. The fourth-order valence-corrected chi connectivity index (χ4v) is 4.04. The number of alkyl halides is 2. The molecule has 28 heavy (non-hydrogen) atoms. The van der Waals surface area contributed by atoms with Crippen LogP contribution in [0.2, 0.25) is 0 Å². The zero-order valence-electron chi connectivity index (χ0n) is 15.5. The second-order valence-corrected chi connectivity index (χ2v) is 8.59. The molecule has 0 saturated carbocycles. The van der Waals surface area contributed by atoms with Crippen LogP contribution < -0.4 is 4.90 Å². The molecule has 0 unspecified atom stereocenters. The molecule has 2 aromatic carbocycles. The molecule has 0 atom stereocenters. The Labute approximate surface area is 199 Å². The van der Waals surface area contributed by atoms with E-state index in [1.165, 1.54) is 5.69 Å². The molecule has 0 fully saturated rings. The number of aromatic hydroxyl groups is 1. The van der Waals surface area contributed by atoms with E-state index in [2.05, 4.69) is 66.9 Å². The van der Waals surface area contributed by atoms with Crippen LogP contribution in [0.15, 0.2) is 44.3 Å². The Bertz CT molecular complexity index is 772. The summed E-state index contributed by atoms with van der Waals surface area (Å²) in [5.41, 5.74) is 4.12. The van der Waals surface area contributed by atoms with Crippen LogP contribution in [-0.2, 0) is 0 Å². The van der Waals surface area contributed by atoms with E-state index in [0.717, 1.165) is 42.7 Å². The van der Waals surface area contributed by atoms with E-state index < -0.39 is 0 Å². The second kappa shape index (κ2) is 13.0. The molecule has 0 spiro atoms. The number of benzene rings is 2. The Hall–Kier alpha value is -0.460. The van der Waals surface area contributed by atoms with Gasteiger partial charge in [-0.25, -0.2) is 0 Å². The van der Waals surface area contributed by atoms with Crippen molar-refractivity contribution in [3.8, 4) is 5.75 Å². The summed E-state index contributed by atoms with van der Waals surface area (Å²) in [7, 11) is 0. The minimum Gasteiger partial charge on any atom is -0.506 e. The Balaban J connectivity index is 0.00000392. The maximum Gasteiger partial charge on any atom is 0.144 e. The third-order valence-electron chi connectivity index (χ3n) is 4.10. The number of anilines is 1. The van der Waals surface area contributed by atoms with Crippen LogP contribution in [0, 0.1) is 6.92 Å². The number of aliphatic imine (C=N–C) groups is 1. The summed E-state index contributed by atoms with van der Waals surface area (Å²) in [6.07, 6.45) is 3.72. The molecule has 3 nitrogen and oxygen atoms in total. The first-order valence-electron chi connectivity index (χ1n) is 8.66. The van der Waals surface area contributed by atoms with E-state index in [-0.39, 0.29) is 18.2 Å². The second-order valence-electron chi connectivity index (χ2n) is 6.13. The first-order valence-corrected chi connectivity index (χ1v) is 11.3. The highest BCUT2D eigenvalue weighted by Crippen LogP contribution is 2.36. The summed E-state index contributed by atoms with van der Waals surface area (Å²) in [4.78, 5) is 6.86. The molecule has 0 aliphatic heterocycles. The lowest BCUT2D eigenvalue weighted by molar-refractivity contribution is 0.468. The molecule has 2 aromatic rings. The molecule has 0 heterocycles. The Morgan fingerprint density at radius 2 is 1.61 bits per heavy atom. The highest BCUT2D eigenvalue weighted by molar-refractivity contribution is 9.11. The number of nitrogens with zero attached hydrogens (tertiary/aromatic N) is 2. The molecular formula is C20H23Br2Cl3N2O. The largest absolute Gasteiger partial charge is 0.506 e. The summed E-state index contributed by atoms with van der Waals surface area (Å²) >= 11 is 18.4. The molecule has 0 aliphatic rings. The summed E-state index contributed by atoms with van der Waals surface area (Å²) in [6.45, 7) is 3.92. The fraction of sp³-hybridized carbons (Fsp3) is 0.350. The van der Waals surface area contributed by atoms with Crippen molar-refractivity contribution in [3.05, 3.63) is 50.4 Å². The Kier molecular flexibility index (Phi) is 11.8. The highest BCUT2D eigenvalue weighted by Gasteiger charge is 2.08. The zero-order chi connectivity index (χ0) is 19.8. The maximum absolute atomic E-state index is 9.80.